The van der Waals surface area contributed by atoms with E-state index in [9.17, 15) is 19.2 Å². The minimum atomic E-state index is -0.754. The summed E-state index contributed by atoms with van der Waals surface area (Å²) in [5.74, 6) is 0.413. The largest absolute Gasteiger partial charge is 0.469 e. The van der Waals surface area contributed by atoms with Crippen LogP contribution in [0.2, 0.25) is 0 Å². The molecule has 0 aromatic carbocycles. The SMILES string of the molecule is COC(=O)CC[C@@H](C)[C@H]1CC[C@H]2[C@@H]3CC[C@@H]4C[C@H](OC(C)=O)CC[C@]4(C)[C@H]3C(=O)[C@@H](OC(C)=O)[C@]12C. The van der Waals surface area contributed by atoms with E-state index in [0.29, 0.717) is 24.7 Å². The molecule has 10 atom stereocenters. The number of esters is 3. The molecule has 0 radical (unpaired) electrons. The highest BCUT2D eigenvalue weighted by atomic mass is 16.6. The van der Waals surface area contributed by atoms with E-state index < -0.39 is 17.5 Å². The number of carbonyl (C=O) groups excluding carboxylic acids is 4. The van der Waals surface area contributed by atoms with E-state index in [-0.39, 0.29) is 52.9 Å². The maximum absolute atomic E-state index is 14.4. The van der Waals surface area contributed by atoms with Gasteiger partial charge in [0.15, 0.2) is 11.9 Å². The first-order valence-electron chi connectivity index (χ1n) is 13.9. The molecule has 0 aromatic heterocycles. The van der Waals surface area contributed by atoms with Gasteiger partial charge < -0.3 is 14.2 Å². The van der Waals surface area contributed by atoms with Gasteiger partial charge in [0.25, 0.3) is 0 Å². The monoisotopic (exact) mass is 504 g/mol. The number of Topliss-reactive ketones (excluding diaryl/α,β-unsaturated/α-hetero) is 1. The van der Waals surface area contributed by atoms with Gasteiger partial charge in [-0.25, -0.2) is 0 Å². The molecule has 0 aromatic rings. The Balaban J connectivity index is 1.64. The number of fused-ring (bicyclic) bond motifs is 5. The summed E-state index contributed by atoms with van der Waals surface area (Å²) >= 11 is 0. The molecule has 0 unspecified atom stereocenters. The Bertz CT molecular complexity index is 898. The molecule has 4 aliphatic rings. The zero-order chi connectivity index (χ0) is 26.4. The second kappa shape index (κ2) is 10.1. The Kier molecular flexibility index (Phi) is 7.60. The molecule has 4 rings (SSSR count). The van der Waals surface area contributed by atoms with Crippen LogP contribution in [-0.2, 0) is 33.4 Å². The minimum absolute atomic E-state index is 0.0723. The van der Waals surface area contributed by atoms with Crippen molar-refractivity contribution in [2.75, 3.05) is 7.11 Å². The average Bonchev–Trinajstić information content (AvgIpc) is 3.17. The van der Waals surface area contributed by atoms with Gasteiger partial charge in [-0.2, -0.15) is 0 Å². The second-order valence-corrected chi connectivity index (χ2v) is 12.6. The van der Waals surface area contributed by atoms with Crippen molar-refractivity contribution in [3.63, 3.8) is 0 Å². The van der Waals surface area contributed by atoms with Crippen LogP contribution in [0.15, 0.2) is 0 Å². The van der Waals surface area contributed by atoms with Gasteiger partial charge in [0, 0.05) is 31.6 Å². The van der Waals surface area contributed by atoms with Gasteiger partial charge in [-0.15, -0.1) is 0 Å². The number of methoxy groups -OCH3 is 1. The van der Waals surface area contributed by atoms with E-state index in [1.165, 1.54) is 21.0 Å². The molecule has 4 aliphatic carbocycles. The van der Waals surface area contributed by atoms with E-state index in [0.717, 1.165) is 44.9 Å². The molecule has 0 saturated heterocycles. The predicted molar refractivity (Wildman–Crippen MR) is 133 cm³/mol. The third-order valence-electron chi connectivity index (χ3n) is 10.8. The number of ketones is 1. The van der Waals surface area contributed by atoms with Crippen LogP contribution >= 0.6 is 0 Å². The lowest BCUT2D eigenvalue weighted by molar-refractivity contribution is -0.199. The van der Waals surface area contributed by atoms with Crippen molar-refractivity contribution in [2.45, 2.75) is 105 Å². The summed E-state index contributed by atoms with van der Waals surface area (Å²) in [6.45, 7) is 9.46. The predicted octanol–water partition coefficient (Wildman–Crippen LogP) is 4.89. The van der Waals surface area contributed by atoms with Crippen molar-refractivity contribution < 1.29 is 33.4 Å². The summed E-state index contributed by atoms with van der Waals surface area (Å²) in [5, 5.41) is 0. The van der Waals surface area contributed by atoms with Crippen LogP contribution < -0.4 is 0 Å². The van der Waals surface area contributed by atoms with Crippen molar-refractivity contribution in [2.24, 2.45) is 46.3 Å². The molecule has 0 bridgehead atoms. The number of ether oxygens (including phenoxy) is 3. The van der Waals surface area contributed by atoms with E-state index in [1.807, 2.05) is 0 Å². The van der Waals surface area contributed by atoms with Crippen molar-refractivity contribution in [1.29, 1.82) is 0 Å². The van der Waals surface area contributed by atoms with Gasteiger partial charge >= 0.3 is 17.9 Å². The molecular formula is C29H44O7. The highest BCUT2D eigenvalue weighted by Gasteiger charge is 2.68. The van der Waals surface area contributed by atoms with Crippen molar-refractivity contribution in [1.82, 2.24) is 0 Å². The zero-order valence-corrected chi connectivity index (χ0v) is 22.8. The Morgan fingerprint density at radius 2 is 1.69 bits per heavy atom. The quantitative estimate of drug-likeness (QED) is 0.375. The number of hydrogen-bond acceptors (Lipinski definition) is 7. The summed E-state index contributed by atoms with van der Waals surface area (Å²) in [4.78, 5) is 50.1. The topological polar surface area (TPSA) is 96.0 Å². The molecule has 0 amide bonds. The molecule has 7 nitrogen and oxygen atoms in total. The highest BCUT2D eigenvalue weighted by Crippen LogP contribution is 2.68. The summed E-state index contributed by atoms with van der Waals surface area (Å²) in [7, 11) is 1.41. The Morgan fingerprint density at radius 1 is 1.00 bits per heavy atom. The Hall–Kier alpha value is -1.92. The van der Waals surface area contributed by atoms with Crippen molar-refractivity contribution in [3.8, 4) is 0 Å². The van der Waals surface area contributed by atoms with Crippen LogP contribution in [0, 0.1) is 46.3 Å². The lowest BCUT2D eigenvalue weighted by Crippen LogP contribution is -2.64. The third kappa shape index (κ3) is 4.49. The molecule has 202 valence electrons. The molecule has 7 heteroatoms. The third-order valence-corrected chi connectivity index (χ3v) is 10.8. The fourth-order valence-electron chi connectivity index (χ4n) is 9.29. The molecule has 0 N–H and O–H groups in total. The van der Waals surface area contributed by atoms with Crippen LogP contribution in [0.1, 0.15) is 92.4 Å². The summed E-state index contributed by atoms with van der Waals surface area (Å²) in [6.07, 6.45) is 6.68. The number of carbonyl (C=O) groups is 4. The maximum atomic E-state index is 14.4. The normalized spacial score (nSPS) is 42.4. The van der Waals surface area contributed by atoms with Gasteiger partial charge in [-0.1, -0.05) is 20.8 Å². The zero-order valence-electron chi connectivity index (χ0n) is 22.8. The fourth-order valence-corrected chi connectivity index (χ4v) is 9.29. The second-order valence-electron chi connectivity index (χ2n) is 12.6. The Morgan fingerprint density at radius 3 is 2.33 bits per heavy atom. The van der Waals surface area contributed by atoms with Gasteiger partial charge in [0.05, 0.1) is 7.11 Å². The highest BCUT2D eigenvalue weighted by molar-refractivity contribution is 5.90. The van der Waals surface area contributed by atoms with Crippen LogP contribution in [0.3, 0.4) is 0 Å². The first kappa shape index (κ1) is 27.1. The van der Waals surface area contributed by atoms with Crippen LogP contribution in [0.25, 0.3) is 0 Å². The van der Waals surface area contributed by atoms with Crippen LogP contribution in [0.5, 0.6) is 0 Å². The molecule has 0 heterocycles. The lowest BCUT2D eigenvalue weighted by Gasteiger charge is -2.61. The smallest absolute Gasteiger partial charge is 0.305 e. The molecule has 36 heavy (non-hydrogen) atoms. The van der Waals surface area contributed by atoms with E-state index in [1.54, 1.807) is 0 Å². The van der Waals surface area contributed by atoms with E-state index in [4.69, 9.17) is 14.2 Å². The molecule has 4 fully saturated rings. The Labute approximate surface area is 215 Å². The van der Waals surface area contributed by atoms with Gasteiger partial charge in [-0.05, 0) is 86.4 Å². The molecule has 4 saturated carbocycles. The lowest BCUT2D eigenvalue weighted by atomic mass is 9.43. The molecule has 0 spiro atoms. The first-order chi connectivity index (χ1) is 16.9. The standard InChI is InChI=1S/C29H44O7/c1-16(7-12-24(32)34-6)22-10-11-23-21-9-8-19-15-20(35-17(2)30)13-14-28(19,4)25(21)26(33)27(29(22,23)5)36-18(3)31/h16,19-23,25,27H,7-15H2,1-6H3/t16-,19-,20-,21+,22-,23+,25-,27-,28+,29-/m1/s1. The van der Waals surface area contributed by atoms with Crippen LogP contribution in [-0.4, -0.2) is 43.0 Å². The van der Waals surface area contributed by atoms with E-state index in [2.05, 4.69) is 20.8 Å². The average molecular weight is 505 g/mol. The summed E-state index contributed by atoms with van der Waals surface area (Å²) in [5.41, 5.74) is -0.609. The van der Waals surface area contributed by atoms with Crippen molar-refractivity contribution in [3.05, 3.63) is 0 Å². The fraction of sp³-hybridized carbons (Fsp3) is 0.862. The number of rotatable bonds is 6. The van der Waals surface area contributed by atoms with E-state index >= 15 is 0 Å². The summed E-state index contributed by atoms with van der Waals surface area (Å²) in [6, 6.07) is 0. The van der Waals surface area contributed by atoms with Crippen molar-refractivity contribution >= 4 is 23.7 Å². The van der Waals surface area contributed by atoms with Gasteiger partial charge in [-0.3, -0.25) is 19.2 Å². The maximum Gasteiger partial charge on any atom is 0.305 e. The number of hydrogen-bond donors (Lipinski definition) is 0. The minimum Gasteiger partial charge on any atom is -0.469 e. The first-order valence-corrected chi connectivity index (χ1v) is 13.9. The molecular weight excluding hydrogens is 460 g/mol. The van der Waals surface area contributed by atoms with Gasteiger partial charge in [0.1, 0.15) is 6.10 Å². The molecule has 0 aliphatic heterocycles. The summed E-state index contributed by atoms with van der Waals surface area (Å²) < 4.78 is 16.4. The van der Waals surface area contributed by atoms with Gasteiger partial charge in [0.2, 0.25) is 0 Å². The van der Waals surface area contributed by atoms with Crippen LogP contribution in [0.4, 0.5) is 0 Å².